The smallest absolute Gasteiger partial charge is 0.317 e. The van der Waals surface area contributed by atoms with Gasteiger partial charge in [0.15, 0.2) is 0 Å². The Balaban J connectivity index is 1.37. The molecule has 4 rings (SSSR count). The number of aryl methyl sites for hydroxylation is 1. The Bertz CT molecular complexity index is 1090. The number of methoxy groups -OCH3 is 1. The van der Waals surface area contributed by atoms with Crippen molar-refractivity contribution in [2.75, 3.05) is 44.8 Å². The third kappa shape index (κ3) is 5.16. The third-order valence-corrected chi connectivity index (χ3v) is 5.50. The summed E-state index contributed by atoms with van der Waals surface area (Å²) in [5.74, 6) is 1.99. The molecule has 0 saturated carbocycles. The van der Waals surface area contributed by atoms with E-state index in [-0.39, 0.29) is 6.03 Å². The highest BCUT2D eigenvalue weighted by Gasteiger charge is 2.22. The SMILES string of the molecule is CCOc1cc(N2CCN(C(=O)NCc3cccnc3OC)CC2)ccc1-n1cnc(C)n1. The van der Waals surface area contributed by atoms with E-state index in [4.69, 9.17) is 9.47 Å². The van der Waals surface area contributed by atoms with E-state index in [0.717, 1.165) is 35.8 Å². The van der Waals surface area contributed by atoms with Gasteiger partial charge in [0, 0.05) is 56.2 Å². The van der Waals surface area contributed by atoms with Gasteiger partial charge >= 0.3 is 6.03 Å². The van der Waals surface area contributed by atoms with Crippen LogP contribution in [0.4, 0.5) is 10.5 Å². The second-order valence-corrected chi connectivity index (χ2v) is 7.63. The Hall–Kier alpha value is -3.82. The minimum Gasteiger partial charge on any atom is -0.492 e. The molecule has 1 aromatic carbocycles. The summed E-state index contributed by atoms with van der Waals surface area (Å²) in [6.07, 6.45) is 3.35. The molecule has 0 spiro atoms. The number of urea groups is 1. The van der Waals surface area contributed by atoms with Gasteiger partial charge in [-0.05, 0) is 32.0 Å². The van der Waals surface area contributed by atoms with Crippen LogP contribution in [0, 0.1) is 6.92 Å². The van der Waals surface area contributed by atoms with E-state index in [9.17, 15) is 4.79 Å². The number of carbonyl (C=O) groups is 1. The number of benzene rings is 1. The molecule has 2 amide bonds. The quantitative estimate of drug-likeness (QED) is 0.589. The van der Waals surface area contributed by atoms with Crippen LogP contribution in [0.25, 0.3) is 5.69 Å². The summed E-state index contributed by atoms with van der Waals surface area (Å²) in [5, 5.41) is 7.36. The van der Waals surface area contributed by atoms with Crippen molar-refractivity contribution in [3.63, 3.8) is 0 Å². The van der Waals surface area contributed by atoms with Crippen molar-refractivity contribution < 1.29 is 14.3 Å². The minimum absolute atomic E-state index is 0.0903. The van der Waals surface area contributed by atoms with Gasteiger partial charge < -0.3 is 24.6 Å². The van der Waals surface area contributed by atoms with Gasteiger partial charge in [0.05, 0.1) is 13.7 Å². The van der Waals surface area contributed by atoms with Crippen LogP contribution in [0.1, 0.15) is 18.3 Å². The Morgan fingerprint density at radius 3 is 2.67 bits per heavy atom. The normalized spacial score (nSPS) is 13.7. The average Bonchev–Trinajstić information content (AvgIpc) is 3.29. The van der Waals surface area contributed by atoms with E-state index in [0.29, 0.717) is 37.9 Å². The first-order valence-corrected chi connectivity index (χ1v) is 11.0. The zero-order valence-corrected chi connectivity index (χ0v) is 19.2. The Morgan fingerprint density at radius 1 is 1.15 bits per heavy atom. The van der Waals surface area contributed by atoms with Gasteiger partial charge in [-0.2, -0.15) is 5.10 Å². The first kappa shape index (κ1) is 22.4. The molecule has 33 heavy (non-hydrogen) atoms. The summed E-state index contributed by atoms with van der Waals surface area (Å²) in [7, 11) is 1.57. The highest BCUT2D eigenvalue weighted by Crippen LogP contribution is 2.29. The van der Waals surface area contributed by atoms with Gasteiger partial charge in [-0.25, -0.2) is 19.4 Å². The number of hydrogen-bond acceptors (Lipinski definition) is 7. The lowest BCUT2D eigenvalue weighted by molar-refractivity contribution is 0.193. The van der Waals surface area contributed by atoms with E-state index in [1.807, 2.05) is 43.0 Å². The molecule has 1 aliphatic rings. The fourth-order valence-electron chi connectivity index (χ4n) is 3.81. The molecule has 3 heterocycles. The summed E-state index contributed by atoms with van der Waals surface area (Å²) in [6, 6.07) is 9.71. The predicted molar refractivity (Wildman–Crippen MR) is 124 cm³/mol. The van der Waals surface area contributed by atoms with Gasteiger partial charge in [-0.3, -0.25) is 0 Å². The molecule has 10 heteroatoms. The number of ether oxygens (including phenoxy) is 2. The number of aromatic nitrogens is 4. The van der Waals surface area contributed by atoms with E-state index in [2.05, 4.69) is 31.3 Å². The maximum atomic E-state index is 12.7. The molecule has 0 bridgehead atoms. The highest BCUT2D eigenvalue weighted by atomic mass is 16.5. The number of nitrogens with one attached hydrogen (secondary N) is 1. The first-order chi connectivity index (χ1) is 16.1. The monoisotopic (exact) mass is 451 g/mol. The van der Waals surface area contributed by atoms with Crippen LogP contribution < -0.4 is 19.7 Å². The number of anilines is 1. The summed E-state index contributed by atoms with van der Waals surface area (Å²) < 4.78 is 12.9. The number of amides is 2. The van der Waals surface area contributed by atoms with Crippen LogP contribution in [0.5, 0.6) is 11.6 Å². The van der Waals surface area contributed by atoms with Crippen molar-refractivity contribution in [2.45, 2.75) is 20.4 Å². The van der Waals surface area contributed by atoms with E-state index in [1.165, 1.54) is 0 Å². The molecular formula is C23H29N7O3. The van der Waals surface area contributed by atoms with Crippen molar-refractivity contribution in [1.29, 1.82) is 0 Å². The van der Waals surface area contributed by atoms with Crippen LogP contribution in [-0.2, 0) is 6.54 Å². The van der Waals surface area contributed by atoms with Crippen molar-refractivity contribution in [1.82, 2.24) is 30.0 Å². The molecule has 1 aliphatic heterocycles. The third-order valence-electron chi connectivity index (χ3n) is 5.50. The van der Waals surface area contributed by atoms with Crippen molar-refractivity contribution in [2.24, 2.45) is 0 Å². The summed E-state index contributed by atoms with van der Waals surface area (Å²) in [5.41, 5.74) is 2.75. The number of rotatable bonds is 7. The Morgan fingerprint density at radius 2 is 1.97 bits per heavy atom. The molecule has 0 atom stereocenters. The standard InChI is InChI=1S/C23H29N7O3/c1-4-33-21-14-19(7-8-20(21)30-16-26-17(2)27-30)28-10-12-29(13-11-28)23(31)25-15-18-6-5-9-24-22(18)32-3/h5-9,14,16H,4,10-13,15H2,1-3H3,(H,25,31). The molecule has 3 aromatic rings. The van der Waals surface area contributed by atoms with Crippen LogP contribution in [-0.4, -0.2) is 70.6 Å². The van der Waals surface area contributed by atoms with Crippen molar-refractivity contribution in [3.8, 4) is 17.3 Å². The fraction of sp³-hybridized carbons (Fsp3) is 0.391. The lowest BCUT2D eigenvalue weighted by Crippen LogP contribution is -2.51. The number of piperazine rings is 1. The number of carbonyl (C=O) groups excluding carboxylic acids is 1. The topological polar surface area (TPSA) is 97.6 Å². The van der Waals surface area contributed by atoms with Crippen LogP contribution in [0.2, 0.25) is 0 Å². The zero-order chi connectivity index (χ0) is 23.2. The Kier molecular flexibility index (Phi) is 6.92. The highest BCUT2D eigenvalue weighted by molar-refractivity contribution is 5.74. The van der Waals surface area contributed by atoms with Crippen molar-refractivity contribution >= 4 is 11.7 Å². The van der Waals surface area contributed by atoms with E-state index in [1.54, 1.807) is 24.3 Å². The first-order valence-electron chi connectivity index (χ1n) is 11.0. The summed E-state index contributed by atoms with van der Waals surface area (Å²) >= 11 is 0. The molecule has 0 radical (unpaired) electrons. The molecule has 174 valence electrons. The van der Waals surface area contributed by atoms with Crippen LogP contribution in [0.15, 0.2) is 42.9 Å². The van der Waals surface area contributed by atoms with E-state index < -0.39 is 0 Å². The van der Waals surface area contributed by atoms with Gasteiger partial charge in [-0.1, -0.05) is 6.07 Å². The zero-order valence-electron chi connectivity index (χ0n) is 19.2. The van der Waals surface area contributed by atoms with Crippen molar-refractivity contribution in [3.05, 3.63) is 54.2 Å². The maximum Gasteiger partial charge on any atom is 0.317 e. The average molecular weight is 452 g/mol. The second kappa shape index (κ2) is 10.2. The lowest BCUT2D eigenvalue weighted by Gasteiger charge is -2.36. The molecule has 1 saturated heterocycles. The van der Waals surface area contributed by atoms with Crippen LogP contribution in [0.3, 0.4) is 0 Å². The number of pyridine rings is 1. The van der Waals surface area contributed by atoms with Gasteiger partial charge in [0.1, 0.15) is 23.6 Å². The van der Waals surface area contributed by atoms with Gasteiger partial charge in [0.2, 0.25) is 5.88 Å². The minimum atomic E-state index is -0.0903. The molecular weight excluding hydrogens is 422 g/mol. The maximum absolute atomic E-state index is 12.7. The fourth-order valence-corrected chi connectivity index (χ4v) is 3.81. The number of hydrogen-bond donors (Lipinski definition) is 1. The van der Waals surface area contributed by atoms with Gasteiger partial charge in [-0.15, -0.1) is 0 Å². The van der Waals surface area contributed by atoms with E-state index >= 15 is 0 Å². The Labute approximate surface area is 193 Å². The van der Waals surface area contributed by atoms with Gasteiger partial charge in [0.25, 0.3) is 0 Å². The summed E-state index contributed by atoms with van der Waals surface area (Å²) in [6.45, 7) is 7.47. The molecule has 10 nitrogen and oxygen atoms in total. The predicted octanol–water partition coefficient (Wildman–Crippen LogP) is 2.41. The lowest BCUT2D eigenvalue weighted by atomic mass is 10.2. The largest absolute Gasteiger partial charge is 0.492 e. The molecule has 0 aliphatic carbocycles. The molecule has 2 aromatic heterocycles. The number of nitrogens with zero attached hydrogens (tertiary/aromatic N) is 6. The van der Waals surface area contributed by atoms with Crippen LogP contribution >= 0.6 is 0 Å². The second-order valence-electron chi connectivity index (χ2n) is 7.63. The molecule has 1 N–H and O–H groups in total. The molecule has 0 unspecified atom stereocenters. The molecule has 1 fully saturated rings. The summed E-state index contributed by atoms with van der Waals surface area (Å²) in [4.78, 5) is 25.1.